The number of hydrogen-bond donors (Lipinski definition) is 2. The molecule has 1 aromatic heterocycles. The van der Waals surface area contributed by atoms with Crippen molar-refractivity contribution in [1.82, 2.24) is 15.0 Å². The Labute approximate surface area is 188 Å². The summed E-state index contributed by atoms with van der Waals surface area (Å²) in [6, 6.07) is 14.9. The Morgan fingerprint density at radius 2 is 1.74 bits per heavy atom. The second kappa shape index (κ2) is 9.89. The van der Waals surface area contributed by atoms with E-state index in [9.17, 15) is 13.2 Å². The summed E-state index contributed by atoms with van der Waals surface area (Å²) < 4.78 is 28.5. The van der Waals surface area contributed by atoms with Gasteiger partial charge in [-0.3, -0.25) is 4.79 Å². The lowest BCUT2D eigenvalue weighted by Gasteiger charge is -2.19. The van der Waals surface area contributed by atoms with Crippen molar-refractivity contribution >= 4 is 37.5 Å². The first-order valence-electron chi connectivity index (χ1n) is 10.4. The van der Waals surface area contributed by atoms with Crippen LogP contribution in [0.1, 0.15) is 44.2 Å². The highest BCUT2D eigenvalue weighted by Crippen LogP contribution is 2.23. The lowest BCUT2D eigenvalue weighted by Crippen LogP contribution is -2.31. The van der Waals surface area contributed by atoms with E-state index >= 15 is 0 Å². The van der Waals surface area contributed by atoms with E-state index in [-0.39, 0.29) is 29.2 Å². The van der Waals surface area contributed by atoms with Crippen LogP contribution in [0.2, 0.25) is 0 Å². The first-order chi connectivity index (χ1) is 14.6. The van der Waals surface area contributed by atoms with Gasteiger partial charge in [-0.15, -0.1) is 11.3 Å². The van der Waals surface area contributed by atoms with Crippen LogP contribution < -0.4 is 10.0 Å². The molecule has 8 heteroatoms. The average Bonchev–Trinajstić information content (AvgIpc) is 3.13. The average molecular weight is 460 g/mol. The standard InChI is InChI=1S/C23H29N3O3S2/c1-23(2,3)17-10-12-18(13-11-17)31(28,29)25-16-14-21(27)24-15-6-9-22-26-19-7-4-5-8-20(19)30-22/h4-5,7-8,10-13,25H,6,9,14-16H2,1-3H3,(H,24,27). The van der Waals surface area contributed by atoms with Crippen LogP contribution >= 0.6 is 11.3 Å². The molecule has 2 aromatic carbocycles. The summed E-state index contributed by atoms with van der Waals surface area (Å²) >= 11 is 1.67. The van der Waals surface area contributed by atoms with E-state index < -0.39 is 10.0 Å². The van der Waals surface area contributed by atoms with Crippen molar-refractivity contribution in [3.05, 3.63) is 59.1 Å². The lowest BCUT2D eigenvalue weighted by atomic mass is 9.87. The molecular weight excluding hydrogens is 430 g/mol. The third kappa shape index (κ3) is 6.59. The molecule has 0 saturated heterocycles. The summed E-state index contributed by atoms with van der Waals surface area (Å²) in [7, 11) is -3.63. The fourth-order valence-electron chi connectivity index (χ4n) is 3.10. The van der Waals surface area contributed by atoms with Gasteiger partial charge in [-0.05, 0) is 41.7 Å². The number of nitrogens with one attached hydrogen (secondary N) is 2. The number of benzene rings is 2. The number of sulfonamides is 1. The van der Waals surface area contributed by atoms with Gasteiger partial charge in [0.05, 0.1) is 20.1 Å². The van der Waals surface area contributed by atoms with Crippen molar-refractivity contribution in [2.24, 2.45) is 0 Å². The van der Waals surface area contributed by atoms with Crippen molar-refractivity contribution in [2.75, 3.05) is 13.1 Å². The maximum absolute atomic E-state index is 12.4. The Balaban J connectivity index is 1.38. The van der Waals surface area contributed by atoms with Crippen molar-refractivity contribution in [3.63, 3.8) is 0 Å². The Morgan fingerprint density at radius 1 is 1.03 bits per heavy atom. The van der Waals surface area contributed by atoms with Gasteiger partial charge in [0.2, 0.25) is 15.9 Å². The lowest BCUT2D eigenvalue weighted by molar-refractivity contribution is -0.120. The third-order valence-electron chi connectivity index (χ3n) is 4.90. The second-order valence-corrected chi connectivity index (χ2v) is 11.3. The third-order valence-corrected chi connectivity index (χ3v) is 7.48. The molecule has 2 N–H and O–H groups in total. The van der Waals surface area contributed by atoms with Crippen molar-refractivity contribution in [3.8, 4) is 0 Å². The molecule has 0 unspecified atom stereocenters. The quantitative estimate of drug-likeness (QED) is 0.473. The number of thiazole rings is 1. The molecule has 31 heavy (non-hydrogen) atoms. The number of para-hydroxylation sites is 1. The van der Waals surface area contributed by atoms with Gasteiger partial charge in [-0.2, -0.15) is 0 Å². The monoisotopic (exact) mass is 459 g/mol. The van der Waals surface area contributed by atoms with Gasteiger partial charge in [0.1, 0.15) is 0 Å². The maximum atomic E-state index is 12.4. The van der Waals surface area contributed by atoms with Gasteiger partial charge in [0.25, 0.3) is 0 Å². The van der Waals surface area contributed by atoms with Crippen LogP contribution in [0.15, 0.2) is 53.4 Å². The normalized spacial score (nSPS) is 12.2. The van der Waals surface area contributed by atoms with Gasteiger partial charge >= 0.3 is 0 Å². The number of carbonyl (C=O) groups is 1. The molecule has 3 rings (SSSR count). The van der Waals surface area contributed by atoms with Gasteiger partial charge < -0.3 is 5.32 Å². The van der Waals surface area contributed by atoms with E-state index in [0.717, 1.165) is 28.9 Å². The summed E-state index contributed by atoms with van der Waals surface area (Å²) in [6.07, 6.45) is 1.69. The molecule has 0 spiro atoms. The molecule has 6 nitrogen and oxygen atoms in total. The highest BCUT2D eigenvalue weighted by atomic mass is 32.2. The summed E-state index contributed by atoms with van der Waals surface area (Å²) in [5, 5.41) is 3.90. The summed E-state index contributed by atoms with van der Waals surface area (Å²) in [5.74, 6) is -0.171. The largest absolute Gasteiger partial charge is 0.356 e. The van der Waals surface area contributed by atoms with E-state index in [4.69, 9.17) is 0 Å². The summed E-state index contributed by atoms with van der Waals surface area (Å²) in [6.45, 7) is 6.83. The predicted molar refractivity (Wildman–Crippen MR) is 126 cm³/mol. The number of rotatable bonds is 9. The van der Waals surface area contributed by atoms with Gasteiger partial charge in [0, 0.05) is 25.9 Å². The molecule has 3 aromatic rings. The highest BCUT2D eigenvalue weighted by Gasteiger charge is 2.17. The minimum Gasteiger partial charge on any atom is -0.356 e. The highest BCUT2D eigenvalue weighted by molar-refractivity contribution is 7.89. The molecule has 1 heterocycles. The number of fused-ring (bicyclic) bond motifs is 1. The van der Waals surface area contributed by atoms with Crippen LogP contribution in [-0.4, -0.2) is 32.4 Å². The first kappa shape index (κ1) is 23.4. The van der Waals surface area contributed by atoms with E-state index in [0.29, 0.717) is 6.54 Å². The van der Waals surface area contributed by atoms with Gasteiger partial charge in [-0.1, -0.05) is 45.0 Å². The van der Waals surface area contributed by atoms with E-state index in [1.54, 1.807) is 23.5 Å². The van der Waals surface area contributed by atoms with Crippen LogP contribution in [0.5, 0.6) is 0 Å². The Kier molecular flexibility index (Phi) is 7.46. The molecule has 0 saturated carbocycles. The molecule has 0 aliphatic rings. The predicted octanol–water partition coefficient (Wildman–Crippen LogP) is 4.01. The number of aromatic nitrogens is 1. The molecule has 1 amide bonds. The van der Waals surface area contributed by atoms with E-state index in [1.165, 1.54) is 4.70 Å². The molecule has 166 valence electrons. The molecule has 0 radical (unpaired) electrons. The van der Waals surface area contributed by atoms with Crippen LogP contribution in [0.3, 0.4) is 0 Å². The van der Waals surface area contributed by atoms with Crippen molar-refractivity contribution < 1.29 is 13.2 Å². The summed E-state index contributed by atoms with van der Waals surface area (Å²) in [5.41, 5.74) is 2.03. The number of carbonyl (C=O) groups excluding carboxylic acids is 1. The van der Waals surface area contributed by atoms with Gasteiger partial charge in [-0.25, -0.2) is 18.1 Å². The minimum atomic E-state index is -3.63. The van der Waals surface area contributed by atoms with Crippen molar-refractivity contribution in [2.45, 2.75) is 50.3 Å². The zero-order chi connectivity index (χ0) is 22.5. The van der Waals surface area contributed by atoms with Crippen LogP contribution in [-0.2, 0) is 26.7 Å². The van der Waals surface area contributed by atoms with Crippen LogP contribution in [0.4, 0.5) is 0 Å². The zero-order valence-electron chi connectivity index (χ0n) is 18.1. The number of hydrogen-bond acceptors (Lipinski definition) is 5. The molecule has 0 atom stereocenters. The van der Waals surface area contributed by atoms with Crippen LogP contribution in [0.25, 0.3) is 10.2 Å². The minimum absolute atomic E-state index is 0.0408. The molecule has 0 fully saturated rings. The molecule has 0 aliphatic heterocycles. The Morgan fingerprint density at radius 3 is 2.42 bits per heavy atom. The van der Waals surface area contributed by atoms with E-state index in [1.807, 2.05) is 30.3 Å². The SMILES string of the molecule is CC(C)(C)c1ccc(S(=O)(=O)NCCC(=O)NCCCc2nc3ccccc3s2)cc1. The molecule has 0 bridgehead atoms. The summed E-state index contributed by atoms with van der Waals surface area (Å²) in [4.78, 5) is 16.8. The number of nitrogens with zero attached hydrogens (tertiary/aromatic N) is 1. The van der Waals surface area contributed by atoms with Crippen LogP contribution in [0, 0.1) is 0 Å². The number of amides is 1. The molecular formula is C23H29N3O3S2. The smallest absolute Gasteiger partial charge is 0.240 e. The Hall–Kier alpha value is -2.29. The second-order valence-electron chi connectivity index (χ2n) is 8.45. The maximum Gasteiger partial charge on any atom is 0.240 e. The molecule has 0 aliphatic carbocycles. The fourth-order valence-corrected chi connectivity index (χ4v) is 5.14. The van der Waals surface area contributed by atoms with Crippen molar-refractivity contribution in [1.29, 1.82) is 0 Å². The van der Waals surface area contributed by atoms with Gasteiger partial charge in [0.15, 0.2) is 0 Å². The zero-order valence-corrected chi connectivity index (χ0v) is 19.8. The van der Waals surface area contributed by atoms with E-state index in [2.05, 4.69) is 41.9 Å². The number of aryl methyl sites for hydroxylation is 1. The Bertz CT molecular complexity index is 1100. The first-order valence-corrected chi connectivity index (χ1v) is 12.7. The topological polar surface area (TPSA) is 88.2 Å². The fraction of sp³-hybridized carbons (Fsp3) is 0.391.